The number of halogens is 3. The summed E-state index contributed by atoms with van der Waals surface area (Å²) >= 11 is 17.3. The maximum absolute atomic E-state index is 12.6. The molecule has 1 unspecified atom stereocenters. The van der Waals surface area contributed by atoms with Crippen LogP contribution in [0.25, 0.3) is 0 Å². The summed E-state index contributed by atoms with van der Waals surface area (Å²) in [7, 11) is -3.88. The molecule has 0 saturated heterocycles. The van der Waals surface area contributed by atoms with Crippen molar-refractivity contribution in [1.29, 1.82) is 0 Å². The van der Waals surface area contributed by atoms with E-state index in [0.29, 0.717) is 6.42 Å². The van der Waals surface area contributed by atoms with Crippen LogP contribution in [0.2, 0.25) is 0 Å². The van der Waals surface area contributed by atoms with Crippen LogP contribution < -0.4 is 0 Å². The van der Waals surface area contributed by atoms with E-state index in [0.717, 1.165) is 6.42 Å². The molecular weight excluding hydrogens is 349 g/mol. The van der Waals surface area contributed by atoms with Gasteiger partial charge in [-0.2, -0.15) is 0 Å². The Bertz CT molecular complexity index is 335. The van der Waals surface area contributed by atoms with Crippen LogP contribution in [0.3, 0.4) is 0 Å². The second-order valence-electron chi connectivity index (χ2n) is 3.86. The molecule has 120 valence electrons. The average Bonchev–Trinajstić information content (AvgIpc) is 2.32. The predicted octanol–water partition coefficient (Wildman–Crippen LogP) is 4.68. The number of hydrogen-bond donors (Lipinski definition) is 0. The molecule has 0 aromatic carbocycles. The molecule has 5 nitrogen and oxygen atoms in total. The van der Waals surface area contributed by atoms with Crippen molar-refractivity contribution >= 4 is 48.4 Å². The van der Waals surface area contributed by atoms with Gasteiger partial charge >= 0.3 is 13.6 Å². The third-order valence-electron chi connectivity index (χ3n) is 2.16. The molecule has 9 heteroatoms. The van der Waals surface area contributed by atoms with Gasteiger partial charge in [-0.3, -0.25) is 9.36 Å². The van der Waals surface area contributed by atoms with Crippen molar-refractivity contribution in [2.45, 2.75) is 49.7 Å². The Labute approximate surface area is 134 Å². The van der Waals surface area contributed by atoms with E-state index in [-0.39, 0.29) is 19.6 Å². The monoisotopic (exact) mass is 368 g/mol. The first kappa shape index (κ1) is 20.5. The van der Waals surface area contributed by atoms with Gasteiger partial charge in [0.25, 0.3) is 0 Å². The summed E-state index contributed by atoms with van der Waals surface area (Å²) in [6, 6.07) is 0. The zero-order valence-corrected chi connectivity index (χ0v) is 14.9. The first-order chi connectivity index (χ1) is 9.21. The molecule has 0 rings (SSSR count). The van der Waals surface area contributed by atoms with Gasteiger partial charge in [-0.05, 0) is 20.3 Å². The minimum atomic E-state index is -3.88. The summed E-state index contributed by atoms with van der Waals surface area (Å²) in [5.74, 6) is -2.20. The fourth-order valence-corrected chi connectivity index (χ4v) is 4.23. The highest BCUT2D eigenvalue weighted by Gasteiger charge is 2.51. The van der Waals surface area contributed by atoms with Gasteiger partial charge in [0.05, 0.1) is 13.2 Å². The topological polar surface area (TPSA) is 61.8 Å². The van der Waals surface area contributed by atoms with E-state index in [4.69, 9.17) is 48.6 Å². The molecule has 1 atom stereocenters. The number of carbonyl (C=O) groups is 1. The number of esters is 1. The molecule has 0 aliphatic heterocycles. The lowest BCUT2D eigenvalue weighted by Crippen LogP contribution is -2.33. The fraction of sp³-hybridized carbons (Fsp3) is 0.909. The lowest BCUT2D eigenvalue weighted by molar-refractivity contribution is -0.146. The van der Waals surface area contributed by atoms with Gasteiger partial charge in [-0.15, -0.1) is 0 Å². The number of rotatable bonds is 9. The minimum Gasteiger partial charge on any atom is -0.445 e. The molecule has 0 radical (unpaired) electrons. The van der Waals surface area contributed by atoms with Gasteiger partial charge in [0.1, 0.15) is 0 Å². The van der Waals surface area contributed by atoms with E-state index in [1.165, 1.54) is 0 Å². The Balaban J connectivity index is 5.12. The number of alkyl halides is 3. The van der Waals surface area contributed by atoms with Crippen molar-refractivity contribution in [2.75, 3.05) is 13.2 Å². The Morgan fingerprint density at radius 2 is 1.65 bits per heavy atom. The molecule has 0 spiro atoms. The maximum Gasteiger partial charge on any atom is 0.375 e. The van der Waals surface area contributed by atoms with Crippen LogP contribution in [0.15, 0.2) is 0 Å². The Kier molecular flexibility index (Phi) is 9.73. The highest BCUT2D eigenvalue weighted by Crippen LogP contribution is 2.60. The molecule has 0 aliphatic rings. The van der Waals surface area contributed by atoms with Crippen LogP contribution in [0.1, 0.15) is 40.0 Å². The molecule has 0 aromatic rings. The number of ether oxygens (including phenoxy) is 1. The van der Waals surface area contributed by atoms with Gasteiger partial charge in [-0.25, -0.2) is 0 Å². The van der Waals surface area contributed by atoms with Crippen molar-refractivity contribution in [1.82, 2.24) is 0 Å². The molecule has 0 aromatic heterocycles. The van der Waals surface area contributed by atoms with E-state index in [9.17, 15) is 9.36 Å². The lowest BCUT2D eigenvalue weighted by atomic mass is 10.2. The smallest absolute Gasteiger partial charge is 0.375 e. The second-order valence-corrected chi connectivity index (χ2v) is 8.30. The van der Waals surface area contributed by atoms with Gasteiger partial charge in [0.15, 0.2) is 0 Å². The summed E-state index contributed by atoms with van der Waals surface area (Å²) in [4.78, 5) is 11.7. The van der Waals surface area contributed by atoms with E-state index in [1.54, 1.807) is 13.8 Å². The van der Waals surface area contributed by atoms with Crippen LogP contribution in [0, 0.1) is 0 Å². The second kappa shape index (κ2) is 9.50. The van der Waals surface area contributed by atoms with Crippen molar-refractivity contribution in [3.63, 3.8) is 0 Å². The Hall–Kier alpha value is 0.490. The predicted molar refractivity (Wildman–Crippen MR) is 80.6 cm³/mol. The highest BCUT2D eigenvalue weighted by atomic mass is 35.6. The molecule has 0 saturated carbocycles. The van der Waals surface area contributed by atoms with Crippen LogP contribution in [0.5, 0.6) is 0 Å². The van der Waals surface area contributed by atoms with Gasteiger partial charge < -0.3 is 13.8 Å². The van der Waals surface area contributed by atoms with Crippen molar-refractivity contribution in [3.8, 4) is 0 Å². The first-order valence-electron chi connectivity index (χ1n) is 6.36. The highest BCUT2D eigenvalue weighted by molar-refractivity contribution is 7.55. The third-order valence-corrected chi connectivity index (χ3v) is 5.52. The minimum absolute atomic E-state index is 0.0705. The van der Waals surface area contributed by atoms with Gasteiger partial charge in [0.2, 0.25) is 9.64 Å². The van der Waals surface area contributed by atoms with Crippen molar-refractivity contribution in [2.24, 2.45) is 0 Å². The zero-order chi connectivity index (χ0) is 15.8. The van der Waals surface area contributed by atoms with Crippen molar-refractivity contribution < 1.29 is 23.1 Å². The van der Waals surface area contributed by atoms with E-state index < -0.39 is 23.2 Å². The largest absolute Gasteiger partial charge is 0.445 e. The molecule has 0 N–H and O–H groups in total. The summed E-state index contributed by atoms with van der Waals surface area (Å²) < 4.78 is 25.7. The molecule has 0 heterocycles. The standard InChI is InChI=1S/C11H20Cl3O5P/c1-4-7-8-9(15)19-10(11(12,13)14)20(16,17-5-2)18-6-3/h10H,4-8H2,1-3H3. The molecule has 20 heavy (non-hydrogen) atoms. The Morgan fingerprint density at radius 1 is 1.15 bits per heavy atom. The normalized spacial score (nSPS) is 14.1. The molecule has 0 fully saturated rings. The van der Waals surface area contributed by atoms with E-state index >= 15 is 0 Å². The Morgan fingerprint density at radius 3 is 2.00 bits per heavy atom. The van der Waals surface area contributed by atoms with Crippen LogP contribution >= 0.6 is 42.4 Å². The summed E-state index contributed by atoms with van der Waals surface area (Å²) in [5, 5.41) is 0. The quantitative estimate of drug-likeness (QED) is 0.335. The van der Waals surface area contributed by atoms with E-state index in [2.05, 4.69) is 0 Å². The number of hydrogen-bond acceptors (Lipinski definition) is 5. The van der Waals surface area contributed by atoms with Crippen LogP contribution in [-0.4, -0.2) is 28.8 Å². The summed E-state index contributed by atoms with van der Waals surface area (Å²) in [6.07, 6.45) is 1.58. The molecule has 0 aliphatic carbocycles. The molecule has 0 bridgehead atoms. The summed E-state index contributed by atoms with van der Waals surface area (Å²) in [5.41, 5.74) is 0. The van der Waals surface area contributed by atoms with Crippen molar-refractivity contribution in [3.05, 3.63) is 0 Å². The van der Waals surface area contributed by atoms with E-state index in [1.807, 2.05) is 6.92 Å². The SMILES string of the molecule is CCCCC(=O)OC(C(Cl)(Cl)Cl)P(=O)(OCC)OCC. The third kappa shape index (κ3) is 6.97. The average molecular weight is 370 g/mol. The first-order valence-corrected chi connectivity index (χ1v) is 9.10. The lowest BCUT2D eigenvalue weighted by Gasteiger charge is -2.30. The van der Waals surface area contributed by atoms with Gasteiger partial charge in [-0.1, -0.05) is 48.1 Å². The van der Waals surface area contributed by atoms with Crippen LogP contribution in [0.4, 0.5) is 0 Å². The number of unbranched alkanes of at least 4 members (excludes halogenated alkanes) is 1. The molecule has 0 amide bonds. The fourth-order valence-electron chi connectivity index (χ4n) is 1.35. The van der Waals surface area contributed by atoms with Gasteiger partial charge in [0, 0.05) is 6.42 Å². The maximum atomic E-state index is 12.6. The zero-order valence-electron chi connectivity index (χ0n) is 11.7. The number of carbonyl (C=O) groups excluding carboxylic acids is 1. The van der Waals surface area contributed by atoms with Crippen LogP contribution in [-0.2, 0) is 23.1 Å². The summed E-state index contributed by atoms with van der Waals surface area (Å²) in [6.45, 7) is 5.28. The molecular formula is C11H20Cl3O5P.